The van der Waals surface area contributed by atoms with Gasteiger partial charge in [0.2, 0.25) is 0 Å². The maximum absolute atomic E-state index is 5.88. The molecule has 0 radical (unpaired) electrons. The van der Waals surface area contributed by atoms with Gasteiger partial charge in [0.25, 0.3) is 0 Å². The number of hydrogen-bond acceptors (Lipinski definition) is 3. The number of benzene rings is 1. The first-order chi connectivity index (χ1) is 10.2. The number of nitrogens with zero attached hydrogens (tertiary/aromatic N) is 3. The Bertz CT molecular complexity index is 604. The van der Waals surface area contributed by atoms with Gasteiger partial charge in [-0.1, -0.05) is 24.3 Å². The SMILES string of the molecule is C=CCN(CC=C)Cc1nc2ccccc2n1C(C)CN. The monoisotopic (exact) mass is 284 g/mol. The van der Waals surface area contributed by atoms with Crippen molar-refractivity contribution in [3.8, 4) is 0 Å². The average molecular weight is 284 g/mol. The summed E-state index contributed by atoms with van der Waals surface area (Å²) in [6.07, 6.45) is 3.81. The van der Waals surface area contributed by atoms with Crippen LogP contribution in [0.5, 0.6) is 0 Å². The van der Waals surface area contributed by atoms with E-state index in [2.05, 4.69) is 35.6 Å². The van der Waals surface area contributed by atoms with E-state index in [0.29, 0.717) is 6.54 Å². The van der Waals surface area contributed by atoms with Crippen molar-refractivity contribution in [1.29, 1.82) is 0 Å². The van der Waals surface area contributed by atoms with Gasteiger partial charge in [-0.2, -0.15) is 0 Å². The Morgan fingerprint density at radius 2 is 1.95 bits per heavy atom. The molecule has 21 heavy (non-hydrogen) atoms. The van der Waals surface area contributed by atoms with Crippen molar-refractivity contribution in [3.63, 3.8) is 0 Å². The lowest BCUT2D eigenvalue weighted by molar-refractivity contribution is 0.310. The van der Waals surface area contributed by atoms with Crippen LogP contribution in [0, 0.1) is 0 Å². The molecule has 2 aromatic rings. The number of nitrogens with two attached hydrogens (primary N) is 1. The first-order valence-electron chi connectivity index (χ1n) is 7.31. The summed E-state index contributed by atoms with van der Waals surface area (Å²) in [6, 6.07) is 8.43. The van der Waals surface area contributed by atoms with Gasteiger partial charge in [0, 0.05) is 25.7 Å². The van der Waals surface area contributed by atoms with Crippen LogP contribution in [0.25, 0.3) is 11.0 Å². The molecular weight excluding hydrogens is 260 g/mol. The molecular formula is C17H24N4. The Hall–Kier alpha value is -1.91. The largest absolute Gasteiger partial charge is 0.328 e. The van der Waals surface area contributed by atoms with E-state index < -0.39 is 0 Å². The highest BCUT2D eigenvalue weighted by Crippen LogP contribution is 2.21. The summed E-state index contributed by atoms with van der Waals surface area (Å²) in [5, 5.41) is 0. The summed E-state index contributed by atoms with van der Waals surface area (Å²) in [7, 11) is 0. The molecule has 0 spiro atoms. The zero-order valence-electron chi connectivity index (χ0n) is 12.7. The molecule has 0 aliphatic heterocycles. The van der Waals surface area contributed by atoms with Crippen LogP contribution in [0.3, 0.4) is 0 Å². The van der Waals surface area contributed by atoms with Crippen molar-refractivity contribution < 1.29 is 0 Å². The molecule has 0 aliphatic carbocycles. The number of fused-ring (bicyclic) bond motifs is 1. The smallest absolute Gasteiger partial charge is 0.124 e. The van der Waals surface area contributed by atoms with Gasteiger partial charge in [-0.05, 0) is 19.1 Å². The van der Waals surface area contributed by atoms with Crippen molar-refractivity contribution in [2.75, 3.05) is 19.6 Å². The third-order valence-corrected chi connectivity index (χ3v) is 3.59. The van der Waals surface area contributed by atoms with Crippen molar-refractivity contribution in [3.05, 3.63) is 55.4 Å². The molecule has 0 amide bonds. The lowest BCUT2D eigenvalue weighted by atomic mass is 10.2. The third-order valence-electron chi connectivity index (χ3n) is 3.59. The first-order valence-corrected chi connectivity index (χ1v) is 7.31. The van der Waals surface area contributed by atoms with Crippen LogP contribution in [-0.2, 0) is 6.54 Å². The predicted octanol–water partition coefficient (Wildman–Crippen LogP) is 2.73. The van der Waals surface area contributed by atoms with Crippen LogP contribution >= 0.6 is 0 Å². The molecule has 112 valence electrons. The Morgan fingerprint density at radius 1 is 1.29 bits per heavy atom. The van der Waals surface area contributed by atoms with Gasteiger partial charge in [0.1, 0.15) is 5.82 Å². The molecule has 2 rings (SSSR count). The van der Waals surface area contributed by atoms with Crippen molar-refractivity contribution in [1.82, 2.24) is 14.5 Å². The topological polar surface area (TPSA) is 47.1 Å². The summed E-state index contributed by atoms with van der Waals surface area (Å²) in [5.74, 6) is 1.04. The standard InChI is InChI=1S/C17H24N4/c1-4-10-20(11-5-2)13-17-19-15-8-6-7-9-16(15)21(17)14(3)12-18/h4-9,14H,1-2,10-13,18H2,3H3. The summed E-state index contributed by atoms with van der Waals surface area (Å²) >= 11 is 0. The second kappa shape index (κ2) is 7.20. The zero-order valence-corrected chi connectivity index (χ0v) is 12.7. The molecule has 1 aromatic heterocycles. The molecule has 0 fully saturated rings. The molecule has 1 atom stereocenters. The van der Waals surface area contributed by atoms with E-state index in [9.17, 15) is 0 Å². The van der Waals surface area contributed by atoms with E-state index in [0.717, 1.165) is 36.5 Å². The third kappa shape index (κ3) is 3.40. The van der Waals surface area contributed by atoms with E-state index in [-0.39, 0.29) is 6.04 Å². The van der Waals surface area contributed by atoms with Gasteiger partial charge in [-0.25, -0.2) is 4.98 Å². The predicted molar refractivity (Wildman–Crippen MR) is 89.2 cm³/mol. The second-order valence-electron chi connectivity index (χ2n) is 5.24. The maximum Gasteiger partial charge on any atom is 0.124 e. The van der Waals surface area contributed by atoms with Crippen LogP contribution in [0.4, 0.5) is 0 Å². The van der Waals surface area contributed by atoms with E-state index >= 15 is 0 Å². The summed E-state index contributed by atoms with van der Waals surface area (Å²) in [6.45, 7) is 12.7. The highest BCUT2D eigenvalue weighted by Gasteiger charge is 2.16. The van der Waals surface area contributed by atoms with Gasteiger partial charge in [-0.3, -0.25) is 4.90 Å². The van der Waals surface area contributed by atoms with Gasteiger partial charge in [0.15, 0.2) is 0 Å². The number of hydrogen-bond donors (Lipinski definition) is 1. The Morgan fingerprint density at radius 3 is 2.57 bits per heavy atom. The Labute approximate surface area is 126 Å². The molecule has 1 aromatic carbocycles. The average Bonchev–Trinajstić information content (AvgIpc) is 2.85. The fourth-order valence-electron chi connectivity index (χ4n) is 2.57. The molecule has 2 N–H and O–H groups in total. The van der Waals surface area contributed by atoms with Gasteiger partial charge in [-0.15, -0.1) is 13.2 Å². The molecule has 0 saturated heterocycles. The molecule has 0 saturated carbocycles. The maximum atomic E-state index is 5.88. The summed E-state index contributed by atoms with van der Waals surface area (Å²) < 4.78 is 2.24. The summed E-state index contributed by atoms with van der Waals surface area (Å²) in [5.41, 5.74) is 8.04. The van der Waals surface area contributed by atoms with E-state index in [1.807, 2.05) is 30.4 Å². The van der Waals surface area contributed by atoms with Crippen LogP contribution in [0.15, 0.2) is 49.6 Å². The van der Waals surface area contributed by atoms with E-state index in [4.69, 9.17) is 10.7 Å². The van der Waals surface area contributed by atoms with Crippen LogP contribution < -0.4 is 5.73 Å². The second-order valence-corrected chi connectivity index (χ2v) is 5.24. The molecule has 4 nitrogen and oxygen atoms in total. The lowest BCUT2D eigenvalue weighted by Gasteiger charge is -2.21. The van der Waals surface area contributed by atoms with Crippen LogP contribution in [-0.4, -0.2) is 34.1 Å². The minimum Gasteiger partial charge on any atom is -0.328 e. The number of para-hydroxylation sites is 2. The Balaban J connectivity index is 2.41. The van der Waals surface area contributed by atoms with Gasteiger partial charge in [0.05, 0.1) is 17.6 Å². The van der Waals surface area contributed by atoms with E-state index in [1.54, 1.807) is 0 Å². The van der Waals surface area contributed by atoms with Crippen molar-refractivity contribution in [2.45, 2.75) is 19.5 Å². The molecule has 0 bridgehead atoms. The van der Waals surface area contributed by atoms with E-state index in [1.165, 1.54) is 0 Å². The molecule has 0 aliphatic rings. The van der Waals surface area contributed by atoms with Gasteiger partial charge >= 0.3 is 0 Å². The Kier molecular flexibility index (Phi) is 5.31. The molecule has 1 unspecified atom stereocenters. The van der Waals surface area contributed by atoms with Crippen molar-refractivity contribution >= 4 is 11.0 Å². The quantitative estimate of drug-likeness (QED) is 0.758. The fraction of sp³-hybridized carbons (Fsp3) is 0.353. The summed E-state index contributed by atoms with van der Waals surface area (Å²) in [4.78, 5) is 7.03. The lowest BCUT2D eigenvalue weighted by Crippen LogP contribution is -2.27. The minimum atomic E-state index is 0.224. The minimum absolute atomic E-state index is 0.224. The number of aromatic nitrogens is 2. The van der Waals surface area contributed by atoms with Gasteiger partial charge < -0.3 is 10.3 Å². The van der Waals surface area contributed by atoms with Crippen LogP contribution in [0.1, 0.15) is 18.8 Å². The highest BCUT2D eigenvalue weighted by molar-refractivity contribution is 5.76. The normalized spacial score (nSPS) is 12.7. The molecule has 4 heteroatoms. The van der Waals surface area contributed by atoms with Crippen LogP contribution in [0.2, 0.25) is 0 Å². The number of imidazole rings is 1. The fourth-order valence-corrected chi connectivity index (χ4v) is 2.57. The highest BCUT2D eigenvalue weighted by atomic mass is 15.2. The zero-order chi connectivity index (χ0) is 15.2. The van der Waals surface area contributed by atoms with Crippen molar-refractivity contribution in [2.24, 2.45) is 5.73 Å². The molecule has 1 heterocycles. The first kappa shape index (κ1) is 15.5. The number of rotatable bonds is 8.